The zero-order valence-electron chi connectivity index (χ0n) is 19.6. The molecule has 10 heteroatoms. The molecule has 35 heavy (non-hydrogen) atoms. The summed E-state index contributed by atoms with van der Waals surface area (Å²) in [4.78, 5) is 33.7. The lowest BCUT2D eigenvalue weighted by atomic mass is 9.97. The molecule has 10 nitrogen and oxygen atoms in total. The van der Waals surface area contributed by atoms with Crippen molar-refractivity contribution in [2.24, 2.45) is 5.92 Å². The standard InChI is InChI=1S/C25H27N5O5/c1-3-34-25(31)18-12-14-29(15-13-18)24-22(30(32)33)23(26-16-27-24)28-19-6-10-21(11-7-19)35-20-8-4-17(2)5-9-20/h4-11,16,18H,3,12-15H2,1-2H3,(H,26,27,28). The van der Waals surface area contributed by atoms with Crippen molar-refractivity contribution in [1.82, 2.24) is 9.97 Å². The number of piperidine rings is 1. The van der Waals surface area contributed by atoms with Crippen LogP contribution < -0.4 is 15.0 Å². The van der Waals surface area contributed by atoms with Crippen LogP contribution in [-0.4, -0.2) is 40.6 Å². The van der Waals surface area contributed by atoms with Crippen molar-refractivity contribution in [2.45, 2.75) is 26.7 Å². The first-order chi connectivity index (χ1) is 16.9. The molecule has 0 aliphatic carbocycles. The Bertz CT molecular complexity index is 1180. The van der Waals surface area contributed by atoms with Gasteiger partial charge in [-0.2, -0.15) is 0 Å². The zero-order valence-corrected chi connectivity index (χ0v) is 19.6. The number of nitrogens with zero attached hydrogens (tertiary/aromatic N) is 4. The van der Waals surface area contributed by atoms with Gasteiger partial charge in [-0.3, -0.25) is 14.9 Å². The first-order valence-electron chi connectivity index (χ1n) is 11.5. The Morgan fingerprint density at radius 1 is 1.09 bits per heavy atom. The van der Waals surface area contributed by atoms with Gasteiger partial charge in [-0.15, -0.1) is 0 Å². The second kappa shape index (κ2) is 10.8. The van der Waals surface area contributed by atoms with E-state index in [-0.39, 0.29) is 29.2 Å². The number of aryl methyl sites for hydroxylation is 1. The molecule has 0 spiro atoms. The van der Waals surface area contributed by atoms with E-state index in [1.807, 2.05) is 36.1 Å². The third-order valence-electron chi connectivity index (χ3n) is 5.77. The molecule has 3 aromatic rings. The Balaban J connectivity index is 1.47. The van der Waals surface area contributed by atoms with Crippen molar-refractivity contribution in [3.05, 3.63) is 70.5 Å². The molecule has 0 unspecified atom stereocenters. The quantitative estimate of drug-likeness (QED) is 0.271. The van der Waals surface area contributed by atoms with E-state index < -0.39 is 4.92 Å². The number of hydrogen-bond donors (Lipinski definition) is 1. The Morgan fingerprint density at radius 2 is 1.71 bits per heavy atom. The van der Waals surface area contributed by atoms with Crippen molar-refractivity contribution >= 4 is 29.0 Å². The van der Waals surface area contributed by atoms with Gasteiger partial charge in [0.15, 0.2) is 0 Å². The largest absolute Gasteiger partial charge is 0.466 e. The highest BCUT2D eigenvalue weighted by Crippen LogP contribution is 2.36. The summed E-state index contributed by atoms with van der Waals surface area (Å²) in [7, 11) is 0. The predicted octanol–water partition coefficient (Wildman–Crippen LogP) is 5.01. The van der Waals surface area contributed by atoms with Gasteiger partial charge >= 0.3 is 11.7 Å². The van der Waals surface area contributed by atoms with Gasteiger partial charge in [0.25, 0.3) is 0 Å². The third-order valence-corrected chi connectivity index (χ3v) is 5.77. The third kappa shape index (κ3) is 5.84. The van der Waals surface area contributed by atoms with Crippen molar-refractivity contribution < 1.29 is 19.2 Å². The van der Waals surface area contributed by atoms with Crippen molar-refractivity contribution in [3.63, 3.8) is 0 Å². The van der Waals surface area contributed by atoms with Crippen LogP contribution in [0.4, 0.5) is 23.0 Å². The van der Waals surface area contributed by atoms with Crippen LogP contribution >= 0.6 is 0 Å². The van der Waals surface area contributed by atoms with Crippen LogP contribution in [-0.2, 0) is 9.53 Å². The minimum Gasteiger partial charge on any atom is -0.466 e. The lowest BCUT2D eigenvalue weighted by molar-refractivity contribution is -0.383. The first-order valence-corrected chi connectivity index (χ1v) is 11.5. The zero-order chi connectivity index (χ0) is 24.8. The molecule has 0 radical (unpaired) electrons. The second-order valence-corrected chi connectivity index (χ2v) is 8.23. The summed E-state index contributed by atoms with van der Waals surface area (Å²) >= 11 is 0. The minimum atomic E-state index is -0.482. The molecular formula is C25H27N5O5. The number of benzene rings is 2. The van der Waals surface area contributed by atoms with Gasteiger partial charge < -0.3 is 19.7 Å². The molecule has 0 bridgehead atoms. The fraction of sp³-hybridized carbons (Fsp3) is 0.320. The van der Waals surface area contributed by atoms with Gasteiger partial charge in [0.05, 0.1) is 17.4 Å². The second-order valence-electron chi connectivity index (χ2n) is 8.23. The van der Waals surface area contributed by atoms with Crippen molar-refractivity contribution in [2.75, 3.05) is 29.9 Å². The highest BCUT2D eigenvalue weighted by atomic mass is 16.6. The number of nitro groups is 1. The normalized spacial score (nSPS) is 13.8. The van der Waals surface area contributed by atoms with Gasteiger partial charge in [0, 0.05) is 18.8 Å². The fourth-order valence-electron chi connectivity index (χ4n) is 3.93. The molecule has 1 N–H and O–H groups in total. The Labute approximate surface area is 203 Å². The molecule has 0 amide bonds. The maximum Gasteiger partial charge on any atom is 0.353 e. The number of nitrogens with one attached hydrogen (secondary N) is 1. The minimum absolute atomic E-state index is 0.0970. The summed E-state index contributed by atoms with van der Waals surface area (Å²) in [5.41, 5.74) is 1.56. The molecule has 1 fully saturated rings. The average Bonchev–Trinajstić information content (AvgIpc) is 2.86. The van der Waals surface area contributed by atoms with Crippen molar-refractivity contribution in [3.8, 4) is 11.5 Å². The number of carbonyl (C=O) groups excluding carboxylic acids is 1. The van der Waals surface area contributed by atoms with Crippen molar-refractivity contribution in [1.29, 1.82) is 0 Å². The maximum atomic E-state index is 12.0. The number of ether oxygens (including phenoxy) is 2. The van der Waals surface area contributed by atoms with E-state index in [9.17, 15) is 14.9 Å². The summed E-state index contributed by atoms with van der Waals surface area (Å²) in [6, 6.07) is 14.8. The topological polar surface area (TPSA) is 120 Å². The SMILES string of the molecule is CCOC(=O)C1CCN(c2ncnc(Nc3ccc(Oc4ccc(C)cc4)cc3)c2[N+](=O)[O-])CC1. The molecule has 2 aromatic carbocycles. The lowest BCUT2D eigenvalue weighted by Crippen LogP contribution is -2.37. The molecule has 0 saturated carbocycles. The van der Waals surface area contributed by atoms with E-state index in [1.54, 1.807) is 31.2 Å². The summed E-state index contributed by atoms with van der Waals surface area (Å²) in [6.07, 6.45) is 2.40. The monoisotopic (exact) mass is 477 g/mol. The summed E-state index contributed by atoms with van der Waals surface area (Å²) < 4.78 is 10.9. The van der Waals surface area contributed by atoms with Gasteiger partial charge in [0.1, 0.15) is 17.8 Å². The van der Waals surface area contributed by atoms with Crippen LogP contribution in [0.2, 0.25) is 0 Å². The van der Waals surface area contributed by atoms with Gasteiger partial charge in [-0.05, 0) is 63.1 Å². The maximum absolute atomic E-state index is 12.0. The molecule has 1 aliphatic heterocycles. The number of esters is 1. The Kier molecular flexibility index (Phi) is 7.39. The van der Waals surface area contributed by atoms with E-state index in [0.29, 0.717) is 44.0 Å². The van der Waals surface area contributed by atoms with Gasteiger partial charge in [-0.25, -0.2) is 9.97 Å². The van der Waals surface area contributed by atoms with Crippen LogP contribution in [0.15, 0.2) is 54.9 Å². The van der Waals surface area contributed by atoms with E-state index >= 15 is 0 Å². The van der Waals surface area contributed by atoms with Crippen LogP contribution in [0.5, 0.6) is 11.5 Å². The molecule has 1 aliphatic rings. The molecule has 182 valence electrons. The highest BCUT2D eigenvalue weighted by molar-refractivity contribution is 5.76. The molecule has 1 saturated heterocycles. The number of aromatic nitrogens is 2. The van der Waals surface area contributed by atoms with Crippen LogP contribution in [0.1, 0.15) is 25.3 Å². The summed E-state index contributed by atoms with van der Waals surface area (Å²) in [5.74, 6) is 1.27. The Hall–Kier alpha value is -4.21. The predicted molar refractivity (Wildman–Crippen MR) is 131 cm³/mol. The fourth-order valence-corrected chi connectivity index (χ4v) is 3.93. The molecule has 2 heterocycles. The number of rotatable bonds is 8. The van der Waals surface area contributed by atoms with Gasteiger partial charge in [-0.1, -0.05) is 17.7 Å². The van der Waals surface area contributed by atoms with Crippen LogP contribution in [0.3, 0.4) is 0 Å². The first kappa shape index (κ1) is 23.9. The van der Waals surface area contributed by atoms with E-state index in [4.69, 9.17) is 9.47 Å². The number of carbonyl (C=O) groups is 1. The number of hydrogen-bond acceptors (Lipinski definition) is 9. The molecule has 1 aromatic heterocycles. The average molecular weight is 478 g/mol. The molecular weight excluding hydrogens is 450 g/mol. The smallest absolute Gasteiger partial charge is 0.353 e. The Morgan fingerprint density at radius 3 is 2.31 bits per heavy atom. The van der Waals surface area contributed by atoms with Crippen LogP contribution in [0.25, 0.3) is 0 Å². The van der Waals surface area contributed by atoms with Gasteiger partial charge in [0.2, 0.25) is 11.6 Å². The van der Waals surface area contributed by atoms with E-state index in [2.05, 4.69) is 15.3 Å². The van der Waals surface area contributed by atoms with E-state index in [1.165, 1.54) is 6.33 Å². The number of anilines is 3. The summed E-state index contributed by atoms with van der Waals surface area (Å²) in [5, 5.41) is 15.0. The molecule has 0 atom stereocenters. The van der Waals surface area contributed by atoms with E-state index in [0.717, 1.165) is 11.3 Å². The molecule has 4 rings (SSSR count). The summed E-state index contributed by atoms with van der Waals surface area (Å²) in [6.45, 7) is 5.05. The lowest BCUT2D eigenvalue weighted by Gasteiger charge is -2.31. The van der Waals surface area contributed by atoms with Crippen LogP contribution in [0, 0.1) is 23.0 Å². The highest BCUT2D eigenvalue weighted by Gasteiger charge is 2.32.